The molecule has 2 N–H and O–H groups in total. The quantitative estimate of drug-likeness (QED) is 0.820. The minimum absolute atomic E-state index is 0.0226. The second kappa shape index (κ2) is 3.79. The van der Waals surface area contributed by atoms with E-state index in [0.29, 0.717) is 0 Å². The van der Waals surface area contributed by atoms with Gasteiger partial charge in [0, 0.05) is 0 Å². The summed E-state index contributed by atoms with van der Waals surface area (Å²) in [6, 6.07) is 3.42. The predicted molar refractivity (Wildman–Crippen MR) is 49.0 cm³/mol. The van der Waals surface area contributed by atoms with Crippen LogP contribution >= 0.6 is 11.6 Å². The Hall–Kier alpha value is -0.740. The molecule has 0 saturated heterocycles. The number of hydrogen-bond donors (Lipinski definition) is 1. The number of halogens is 4. The molecule has 0 aliphatic carbocycles. The van der Waals surface area contributed by atoms with E-state index in [2.05, 4.69) is 0 Å². The Balaban J connectivity index is 3.14. The molecule has 1 aromatic carbocycles. The Bertz CT molecular complexity index is 339. The molecule has 14 heavy (non-hydrogen) atoms. The molecular weight excluding hydrogens is 215 g/mol. The average molecular weight is 224 g/mol. The number of rotatable bonds is 2. The van der Waals surface area contributed by atoms with Gasteiger partial charge in [-0.25, -0.2) is 13.2 Å². The van der Waals surface area contributed by atoms with Crippen LogP contribution in [0.2, 0.25) is 5.02 Å². The Kier molecular flexibility index (Phi) is 3.07. The first-order valence-electron chi connectivity index (χ1n) is 3.88. The third-order valence-electron chi connectivity index (χ3n) is 1.99. The van der Waals surface area contributed by atoms with Crippen molar-refractivity contribution in [1.82, 2.24) is 0 Å². The van der Waals surface area contributed by atoms with E-state index in [4.69, 9.17) is 17.3 Å². The summed E-state index contributed by atoms with van der Waals surface area (Å²) in [5, 5.41) is -0.112. The molecule has 0 spiro atoms. The Morgan fingerprint density at radius 2 is 2.00 bits per heavy atom. The molecule has 0 heterocycles. The van der Waals surface area contributed by atoms with E-state index in [9.17, 15) is 13.2 Å². The first-order valence-corrected chi connectivity index (χ1v) is 4.26. The fourth-order valence-corrected chi connectivity index (χ4v) is 1.07. The van der Waals surface area contributed by atoms with Gasteiger partial charge in [-0.05, 0) is 24.6 Å². The summed E-state index contributed by atoms with van der Waals surface area (Å²) in [5.41, 5.74) is 3.51. The third-order valence-corrected chi connectivity index (χ3v) is 2.30. The molecule has 5 heteroatoms. The average Bonchev–Trinajstić information content (AvgIpc) is 2.09. The lowest BCUT2D eigenvalue weighted by Gasteiger charge is -2.24. The van der Waals surface area contributed by atoms with Gasteiger partial charge in [-0.1, -0.05) is 17.7 Å². The normalized spacial score (nSPS) is 15.6. The lowest BCUT2D eigenvalue weighted by atomic mass is 9.94. The topological polar surface area (TPSA) is 26.0 Å². The van der Waals surface area contributed by atoms with Gasteiger partial charge in [0.1, 0.15) is 5.82 Å². The summed E-state index contributed by atoms with van der Waals surface area (Å²) in [7, 11) is 0. The van der Waals surface area contributed by atoms with Crippen molar-refractivity contribution >= 4 is 11.6 Å². The van der Waals surface area contributed by atoms with Crippen LogP contribution in [0.3, 0.4) is 0 Å². The molecule has 0 saturated carbocycles. The van der Waals surface area contributed by atoms with Crippen LogP contribution in [0, 0.1) is 5.82 Å². The van der Waals surface area contributed by atoms with E-state index < -0.39 is 17.8 Å². The lowest BCUT2D eigenvalue weighted by Crippen LogP contribution is -2.40. The van der Waals surface area contributed by atoms with Crippen LogP contribution in [-0.2, 0) is 5.54 Å². The van der Waals surface area contributed by atoms with E-state index in [1.165, 1.54) is 12.1 Å². The Labute approximate surface area is 84.7 Å². The van der Waals surface area contributed by atoms with Gasteiger partial charge in [-0.15, -0.1) is 0 Å². The first kappa shape index (κ1) is 11.3. The van der Waals surface area contributed by atoms with Crippen LogP contribution in [-0.4, -0.2) is 6.43 Å². The van der Waals surface area contributed by atoms with Crippen molar-refractivity contribution in [3.05, 3.63) is 34.6 Å². The molecule has 0 radical (unpaired) electrons. The molecule has 78 valence electrons. The summed E-state index contributed by atoms with van der Waals surface area (Å²) in [6.45, 7) is 1.14. The van der Waals surface area contributed by atoms with E-state index >= 15 is 0 Å². The van der Waals surface area contributed by atoms with Crippen LogP contribution in [0.4, 0.5) is 13.2 Å². The number of benzene rings is 1. The maximum absolute atomic E-state index is 12.9. The van der Waals surface area contributed by atoms with Crippen molar-refractivity contribution in [2.24, 2.45) is 5.73 Å². The van der Waals surface area contributed by atoms with Crippen LogP contribution in [0.25, 0.3) is 0 Å². The Morgan fingerprint density at radius 1 is 1.43 bits per heavy atom. The zero-order chi connectivity index (χ0) is 10.9. The molecule has 0 fully saturated rings. The number of nitrogens with two attached hydrogens (primary N) is 1. The van der Waals surface area contributed by atoms with Crippen molar-refractivity contribution in [3.8, 4) is 0 Å². The molecule has 1 nitrogen and oxygen atoms in total. The molecule has 1 unspecified atom stereocenters. The molecule has 0 bridgehead atoms. The van der Waals surface area contributed by atoms with Gasteiger partial charge in [0.25, 0.3) is 6.43 Å². The lowest BCUT2D eigenvalue weighted by molar-refractivity contribution is 0.0624. The van der Waals surface area contributed by atoms with Crippen LogP contribution in [0.1, 0.15) is 12.5 Å². The highest BCUT2D eigenvalue weighted by atomic mass is 35.5. The highest BCUT2D eigenvalue weighted by Crippen LogP contribution is 2.27. The Morgan fingerprint density at radius 3 is 2.43 bits per heavy atom. The zero-order valence-corrected chi connectivity index (χ0v) is 8.15. The van der Waals surface area contributed by atoms with E-state index in [-0.39, 0.29) is 10.6 Å². The van der Waals surface area contributed by atoms with Gasteiger partial charge >= 0.3 is 0 Å². The minimum Gasteiger partial charge on any atom is -0.317 e. The SMILES string of the molecule is CC(N)(c1ccc(Cl)c(F)c1)C(F)F. The number of alkyl halides is 2. The molecule has 1 atom stereocenters. The molecule has 0 amide bonds. The second-order valence-electron chi connectivity index (χ2n) is 3.21. The third kappa shape index (κ3) is 2.01. The van der Waals surface area contributed by atoms with Crippen molar-refractivity contribution in [2.75, 3.05) is 0 Å². The smallest absolute Gasteiger partial charge is 0.260 e. The van der Waals surface area contributed by atoms with Crippen LogP contribution in [0.15, 0.2) is 18.2 Å². The molecule has 1 aromatic rings. The molecule has 1 rings (SSSR count). The minimum atomic E-state index is -2.76. The van der Waals surface area contributed by atoms with E-state index in [1.54, 1.807) is 0 Å². The molecule has 0 aliphatic rings. The predicted octanol–water partition coefficient (Wildman–Crippen LogP) is 2.92. The highest BCUT2D eigenvalue weighted by Gasteiger charge is 2.32. The highest BCUT2D eigenvalue weighted by molar-refractivity contribution is 6.30. The van der Waals surface area contributed by atoms with Crippen molar-refractivity contribution in [2.45, 2.75) is 18.9 Å². The summed E-state index contributed by atoms with van der Waals surface area (Å²) in [6.07, 6.45) is -2.76. The molecule has 0 aliphatic heterocycles. The summed E-state index contributed by atoms with van der Waals surface area (Å²) in [4.78, 5) is 0. The summed E-state index contributed by atoms with van der Waals surface area (Å²) < 4.78 is 37.8. The van der Waals surface area contributed by atoms with Crippen LogP contribution < -0.4 is 5.73 Å². The van der Waals surface area contributed by atoms with Crippen molar-refractivity contribution in [1.29, 1.82) is 0 Å². The van der Waals surface area contributed by atoms with Crippen molar-refractivity contribution < 1.29 is 13.2 Å². The summed E-state index contributed by atoms with van der Waals surface area (Å²) >= 11 is 5.41. The fourth-order valence-electron chi connectivity index (χ4n) is 0.957. The largest absolute Gasteiger partial charge is 0.317 e. The van der Waals surface area contributed by atoms with Gasteiger partial charge < -0.3 is 5.73 Å². The van der Waals surface area contributed by atoms with E-state index in [0.717, 1.165) is 13.0 Å². The van der Waals surface area contributed by atoms with Gasteiger partial charge in [-0.3, -0.25) is 0 Å². The standard InChI is InChI=1S/C9H9ClF3N/c1-9(14,8(12)13)5-2-3-6(10)7(11)4-5/h2-4,8H,14H2,1H3. The van der Waals surface area contributed by atoms with Gasteiger partial charge in [-0.2, -0.15) is 0 Å². The van der Waals surface area contributed by atoms with Gasteiger partial charge in [0.05, 0.1) is 10.6 Å². The summed E-state index contributed by atoms with van der Waals surface area (Å²) in [5.74, 6) is -0.749. The molecular formula is C9H9ClF3N. The van der Waals surface area contributed by atoms with E-state index in [1.807, 2.05) is 0 Å². The van der Waals surface area contributed by atoms with Crippen molar-refractivity contribution in [3.63, 3.8) is 0 Å². The maximum atomic E-state index is 12.9. The second-order valence-corrected chi connectivity index (χ2v) is 3.62. The fraction of sp³-hybridized carbons (Fsp3) is 0.333. The maximum Gasteiger partial charge on any atom is 0.260 e. The van der Waals surface area contributed by atoms with Gasteiger partial charge in [0.15, 0.2) is 0 Å². The zero-order valence-electron chi connectivity index (χ0n) is 7.40. The monoisotopic (exact) mass is 223 g/mol. The van der Waals surface area contributed by atoms with Gasteiger partial charge in [0.2, 0.25) is 0 Å². The first-order chi connectivity index (χ1) is 6.35. The van der Waals surface area contributed by atoms with Crippen LogP contribution in [0.5, 0.6) is 0 Å². The molecule has 0 aromatic heterocycles. The number of hydrogen-bond acceptors (Lipinski definition) is 1.